The van der Waals surface area contributed by atoms with Crippen molar-refractivity contribution in [3.8, 4) is 0 Å². The molecule has 202 valence electrons. The lowest BCUT2D eigenvalue weighted by Crippen LogP contribution is -2.37. The van der Waals surface area contributed by atoms with Gasteiger partial charge in [-0.1, -0.05) is 127 Å². The molecule has 0 nitrogen and oxygen atoms in total. The van der Waals surface area contributed by atoms with Gasteiger partial charge in [-0.25, -0.2) is 0 Å². The summed E-state index contributed by atoms with van der Waals surface area (Å²) in [4.78, 5) is 1.94. The molecule has 2 heteroatoms. The fourth-order valence-electron chi connectivity index (χ4n) is 7.79. The van der Waals surface area contributed by atoms with Gasteiger partial charge >= 0.3 is 0 Å². The molecule has 2 aliphatic rings. The van der Waals surface area contributed by atoms with E-state index in [0.717, 1.165) is 9.79 Å². The Kier molecular flexibility index (Phi) is 5.39. The monoisotopic (exact) mass is 582 g/mol. The third kappa shape index (κ3) is 3.37. The summed E-state index contributed by atoms with van der Waals surface area (Å²) in [6.07, 6.45) is 9.34. The van der Waals surface area contributed by atoms with Crippen molar-refractivity contribution in [2.45, 2.75) is 15.2 Å². The van der Waals surface area contributed by atoms with Crippen molar-refractivity contribution < 1.29 is 0 Å². The topological polar surface area (TPSA) is 0 Å². The molecule has 0 saturated heterocycles. The number of allylic oxidation sites excluding steroid dienone is 4. The quantitative estimate of drug-likeness (QED) is 0.147. The number of hydrogen-bond donors (Lipinski definition) is 2. The van der Waals surface area contributed by atoms with E-state index in [1.54, 1.807) is 0 Å². The molecule has 0 unspecified atom stereocenters. The zero-order chi connectivity index (χ0) is 28.7. The van der Waals surface area contributed by atoms with Gasteiger partial charge in [0.1, 0.15) is 0 Å². The Morgan fingerprint density at radius 1 is 0.465 bits per heavy atom. The molecule has 0 radical (unpaired) electrons. The molecule has 0 amide bonds. The van der Waals surface area contributed by atoms with Crippen molar-refractivity contribution in [3.05, 3.63) is 167 Å². The summed E-state index contributed by atoms with van der Waals surface area (Å²) in [6, 6.07) is 43.8. The van der Waals surface area contributed by atoms with Crippen molar-refractivity contribution in [1.82, 2.24) is 0 Å². The van der Waals surface area contributed by atoms with E-state index in [-0.39, 0.29) is 0 Å². The van der Waals surface area contributed by atoms with Crippen molar-refractivity contribution >= 4 is 80.0 Å². The van der Waals surface area contributed by atoms with Gasteiger partial charge in [-0.2, -0.15) is 0 Å². The second kappa shape index (κ2) is 9.25. The van der Waals surface area contributed by atoms with Crippen molar-refractivity contribution in [3.63, 3.8) is 0 Å². The minimum Gasteiger partial charge on any atom is -0.143 e. The molecule has 0 atom stereocenters. The molecule has 7 aromatic rings. The minimum absolute atomic E-state index is 0.660. The van der Waals surface area contributed by atoms with Gasteiger partial charge < -0.3 is 0 Å². The molecule has 0 aromatic heterocycles. The van der Waals surface area contributed by atoms with Crippen LogP contribution in [0.2, 0.25) is 0 Å². The smallest absolute Gasteiger partial charge is 0.0681 e. The third-order valence-electron chi connectivity index (χ3n) is 9.43. The van der Waals surface area contributed by atoms with Gasteiger partial charge in [0.2, 0.25) is 0 Å². The standard InChI is InChI=1S/C41H26S2/c42-35-21-19-25-10-1-3-13-28(25)39(35)41(40-29-14-4-2-11-26(29)20-22-36(40)43)23-9-12-27-24-34-32-17-6-5-15-30(32)31-16-7-8-18-33(31)37(34)38(27)41/h1-24,42-43H. The van der Waals surface area contributed by atoms with E-state index < -0.39 is 5.41 Å². The van der Waals surface area contributed by atoms with Crippen LogP contribution in [0.1, 0.15) is 11.1 Å². The van der Waals surface area contributed by atoms with E-state index in [2.05, 4.69) is 146 Å². The largest absolute Gasteiger partial charge is 0.143 e. The predicted molar refractivity (Wildman–Crippen MR) is 189 cm³/mol. The van der Waals surface area contributed by atoms with Gasteiger partial charge in [-0.05, 0) is 94.0 Å². The molecule has 9 rings (SSSR count). The Labute approximate surface area is 260 Å². The summed E-state index contributed by atoms with van der Waals surface area (Å²) >= 11 is 10.5. The van der Waals surface area contributed by atoms with E-state index in [9.17, 15) is 0 Å². The van der Waals surface area contributed by atoms with Crippen LogP contribution in [-0.2, 0) is 5.41 Å². The first-order valence-electron chi connectivity index (χ1n) is 14.6. The number of rotatable bonds is 2. The Morgan fingerprint density at radius 2 is 0.953 bits per heavy atom. The van der Waals surface area contributed by atoms with Crippen LogP contribution in [-0.4, -0.2) is 0 Å². The summed E-state index contributed by atoms with van der Waals surface area (Å²) in [5.74, 6) is 0. The lowest BCUT2D eigenvalue weighted by molar-refractivity contribution is 0.808. The van der Waals surface area contributed by atoms with Gasteiger partial charge in [0.25, 0.3) is 0 Å². The highest BCUT2D eigenvalue weighted by molar-refractivity contribution is 7.80. The van der Waals surface area contributed by atoms with Crippen LogP contribution in [0.4, 0.5) is 0 Å². The molecular weight excluding hydrogens is 557 g/mol. The second-order valence-corrected chi connectivity index (χ2v) is 12.5. The Morgan fingerprint density at radius 3 is 1.56 bits per heavy atom. The summed E-state index contributed by atoms with van der Waals surface area (Å²) in [6.45, 7) is 0. The van der Waals surface area contributed by atoms with Crippen LogP contribution in [0.25, 0.3) is 54.7 Å². The second-order valence-electron chi connectivity index (χ2n) is 11.5. The third-order valence-corrected chi connectivity index (χ3v) is 10.2. The molecule has 0 bridgehead atoms. The van der Waals surface area contributed by atoms with Crippen LogP contribution in [0, 0.1) is 0 Å². The Bertz CT molecular complexity index is 2450. The van der Waals surface area contributed by atoms with E-state index in [1.165, 1.54) is 75.8 Å². The summed E-state index contributed by atoms with van der Waals surface area (Å²) in [5, 5.41) is 12.5. The van der Waals surface area contributed by atoms with Gasteiger partial charge in [0.15, 0.2) is 0 Å². The first kappa shape index (κ1) is 25.0. The molecule has 0 N–H and O–H groups in total. The van der Waals surface area contributed by atoms with Crippen molar-refractivity contribution in [1.29, 1.82) is 0 Å². The lowest BCUT2D eigenvalue weighted by Gasteiger charge is -2.40. The highest BCUT2D eigenvalue weighted by Crippen LogP contribution is 2.54. The zero-order valence-corrected chi connectivity index (χ0v) is 25.0. The molecule has 0 fully saturated rings. The molecular formula is C41H26S2. The average molecular weight is 583 g/mol. The van der Waals surface area contributed by atoms with E-state index in [0.29, 0.717) is 0 Å². The molecule has 0 saturated carbocycles. The Hall–Kier alpha value is -4.50. The first-order chi connectivity index (χ1) is 21.2. The van der Waals surface area contributed by atoms with Crippen LogP contribution < -0.4 is 10.4 Å². The van der Waals surface area contributed by atoms with E-state index >= 15 is 0 Å². The molecule has 2 aliphatic carbocycles. The maximum absolute atomic E-state index is 5.25. The number of benzene rings is 7. The fraction of sp³-hybridized carbons (Fsp3) is 0.0244. The molecule has 0 aliphatic heterocycles. The number of hydrogen-bond acceptors (Lipinski definition) is 2. The molecule has 7 aromatic carbocycles. The van der Waals surface area contributed by atoms with Crippen LogP contribution in [0.3, 0.4) is 0 Å². The average Bonchev–Trinajstić information content (AvgIpc) is 3.46. The van der Waals surface area contributed by atoms with E-state index in [4.69, 9.17) is 25.3 Å². The van der Waals surface area contributed by atoms with Crippen molar-refractivity contribution in [2.24, 2.45) is 0 Å². The molecule has 43 heavy (non-hydrogen) atoms. The number of thiol groups is 2. The van der Waals surface area contributed by atoms with Crippen molar-refractivity contribution in [2.75, 3.05) is 0 Å². The van der Waals surface area contributed by atoms with Gasteiger partial charge in [0.05, 0.1) is 5.41 Å². The van der Waals surface area contributed by atoms with E-state index in [1.807, 2.05) is 0 Å². The highest BCUT2D eigenvalue weighted by atomic mass is 32.1. The molecule has 0 heterocycles. The summed E-state index contributed by atoms with van der Waals surface area (Å²) < 4.78 is 0. The Balaban J connectivity index is 1.62. The first-order valence-corrected chi connectivity index (χ1v) is 15.5. The summed E-state index contributed by atoms with van der Waals surface area (Å²) in [5.41, 5.74) is 4.25. The zero-order valence-electron chi connectivity index (χ0n) is 23.3. The van der Waals surface area contributed by atoms with Gasteiger partial charge in [-0.3, -0.25) is 0 Å². The van der Waals surface area contributed by atoms with Crippen LogP contribution in [0.15, 0.2) is 155 Å². The normalized spacial score (nSPS) is 15.1. The predicted octanol–water partition coefficient (Wildman–Crippen LogP) is 9.30. The number of fused-ring (bicyclic) bond motifs is 9. The van der Waals surface area contributed by atoms with Gasteiger partial charge in [0, 0.05) is 9.79 Å². The highest BCUT2D eigenvalue weighted by Gasteiger charge is 2.44. The lowest BCUT2D eigenvalue weighted by atomic mass is 9.63. The maximum atomic E-state index is 5.25. The maximum Gasteiger partial charge on any atom is 0.0681 e. The summed E-state index contributed by atoms with van der Waals surface area (Å²) in [7, 11) is 0. The molecule has 0 spiro atoms. The SMILES string of the molecule is Sc1ccc2ccccc2c1C1(c2c(S)ccc3ccccc23)C=CC=C2C=c3c(c4ccccc4c4ccccc34)=C21. The van der Waals surface area contributed by atoms with Gasteiger partial charge in [-0.15, -0.1) is 25.3 Å². The van der Waals surface area contributed by atoms with Crippen LogP contribution in [0.5, 0.6) is 0 Å². The van der Waals surface area contributed by atoms with Crippen LogP contribution >= 0.6 is 25.3 Å². The fourth-order valence-corrected chi connectivity index (χ4v) is 8.53. The minimum atomic E-state index is -0.660.